The highest BCUT2D eigenvalue weighted by atomic mass is 32.1. The van der Waals surface area contributed by atoms with Gasteiger partial charge in [0.05, 0.1) is 5.69 Å². The lowest BCUT2D eigenvalue weighted by Gasteiger charge is -2.09. The summed E-state index contributed by atoms with van der Waals surface area (Å²) in [6, 6.07) is 7.37. The topological polar surface area (TPSA) is 49.3 Å². The van der Waals surface area contributed by atoms with E-state index in [0.29, 0.717) is 0 Å². The van der Waals surface area contributed by atoms with Gasteiger partial charge in [0.2, 0.25) is 0 Å². The zero-order valence-electron chi connectivity index (χ0n) is 8.23. The number of thiophene rings is 1. The molecule has 3 nitrogen and oxygen atoms in total. The first-order chi connectivity index (χ1) is 7.18. The average Bonchev–Trinajstić information content (AvgIpc) is 2.62. The molecular formula is C11H11NO2S. The van der Waals surface area contributed by atoms with Crippen LogP contribution in [0.15, 0.2) is 29.6 Å². The first-order valence-electron chi connectivity index (χ1n) is 4.64. The van der Waals surface area contributed by atoms with Crippen LogP contribution in [0, 0.1) is 0 Å². The highest BCUT2D eigenvalue weighted by Gasteiger charge is 2.12. The van der Waals surface area contributed by atoms with Crippen molar-refractivity contribution in [2.24, 2.45) is 0 Å². The summed E-state index contributed by atoms with van der Waals surface area (Å²) >= 11 is 1.61. The predicted octanol–water partition coefficient (Wildman–Crippen LogP) is 2.79. The fraction of sp³-hybridized carbons (Fsp3) is 0.182. The van der Waals surface area contributed by atoms with E-state index in [1.807, 2.05) is 29.6 Å². The van der Waals surface area contributed by atoms with Crippen LogP contribution in [0.1, 0.15) is 6.92 Å². The van der Waals surface area contributed by atoms with E-state index in [1.54, 1.807) is 18.3 Å². The molecule has 0 aliphatic carbocycles. The Bertz CT molecular complexity index is 492. The molecule has 0 spiro atoms. The van der Waals surface area contributed by atoms with Crippen LogP contribution in [0.25, 0.3) is 10.1 Å². The summed E-state index contributed by atoms with van der Waals surface area (Å²) in [6.45, 7) is 1.63. The maximum Gasteiger partial charge on any atom is 0.325 e. The molecule has 1 aromatic heterocycles. The van der Waals surface area contributed by atoms with Gasteiger partial charge in [-0.15, -0.1) is 11.3 Å². The van der Waals surface area contributed by atoms with E-state index < -0.39 is 12.0 Å². The second kappa shape index (κ2) is 3.90. The molecule has 2 N–H and O–H groups in total. The maximum atomic E-state index is 10.7. The number of aliphatic carboxylic acids is 1. The number of carboxylic acids is 1. The Labute approximate surface area is 91.4 Å². The van der Waals surface area contributed by atoms with Gasteiger partial charge in [0.15, 0.2) is 0 Å². The Hall–Kier alpha value is -1.55. The van der Waals surface area contributed by atoms with Crippen LogP contribution in [-0.4, -0.2) is 17.1 Å². The van der Waals surface area contributed by atoms with Crippen LogP contribution in [0.3, 0.4) is 0 Å². The summed E-state index contributed by atoms with van der Waals surface area (Å²) in [5, 5.41) is 14.8. The number of anilines is 1. The summed E-state index contributed by atoms with van der Waals surface area (Å²) in [4.78, 5) is 10.7. The molecule has 2 rings (SSSR count). The van der Waals surface area contributed by atoms with Crippen LogP contribution in [0.5, 0.6) is 0 Å². The highest BCUT2D eigenvalue weighted by Crippen LogP contribution is 2.30. The van der Waals surface area contributed by atoms with Gasteiger partial charge in [-0.05, 0) is 13.0 Å². The lowest BCUT2D eigenvalue weighted by Crippen LogP contribution is -2.25. The minimum absolute atomic E-state index is 0.567. The van der Waals surface area contributed by atoms with Gasteiger partial charge in [-0.1, -0.05) is 18.2 Å². The molecule has 0 bridgehead atoms. The molecule has 0 amide bonds. The lowest BCUT2D eigenvalue weighted by atomic mass is 10.2. The molecule has 0 saturated heterocycles. The number of carbonyl (C=O) groups is 1. The lowest BCUT2D eigenvalue weighted by molar-refractivity contribution is -0.137. The largest absolute Gasteiger partial charge is 0.480 e. The number of hydrogen-bond acceptors (Lipinski definition) is 3. The number of nitrogens with one attached hydrogen (secondary N) is 1. The van der Waals surface area contributed by atoms with E-state index >= 15 is 0 Å². The van der Waals surface area contributed by atoms with Gasteiger partial charge in [-0.25, -0.2) is 0 Å². The number of rotatable bonds is 3. The second-order valence-electron chi connectivity index (χ2n) is 3.35. The molecule has 1 unspecified atom stereocenters. The van der Waals surface area contributed by atoms with Crippen LogP contribution < -0.4 is 5.32 Å². The van der Waals surface area contributed by atoms with E-state index in [4.69, 9.17) is 5.11 Å². The first kappa shape index (κ1) is 9.98. The number of carboxylic acid groups (broad SMARTS) is 1. The molecule has 0 aliphatic rings. The van der Waals surface area contributed by atoms with Gasteiger partial charge in [0.1, 0.15) is 6.04 Å². The smallest absolute Gasteiger partial charge is 0.325 e. The summed E-state index contributed by atoms with van der Waals surface area (Å²) in [6.07, 6.45) is 0. The zero-order valence-corrected chi connectivity index (χ0v) is 9.04. The van der Waals surface area contributed by atoms with Gasteiger partial charge in [-0.2, -0.15) is 0 Å². The van der Waals surface area contributed by atoms with Crippen molar-refractivity contribution in [2.45, 2.75) is 13.0 Å². The molecule has 0 saturated carbocycles. The Morgan fingerprint density at radius 2 is 2.20 bits per heavy atom. The monoisotopic (exact) mass is 221 g/mol. The van der Waals surface area contributed by atoms with E-state index in [-0.39, 0.29) is 0 Å². The van der Waals surface area contributed by atoms with Crippen molar-refractivity contribution >= 4 is 33.1 Å². The number of fused-ring (bicyclic) bond motifs is 1. The van der Waals surface area contributed by atoms with E-state index in [0.717, 1.165) is 15.8 Å². The van der Waals surface area contributed by atoms with E-state index in [9.17, 15) is 4.79 Å². The summed E-state index contributed by atoms with van der Waals surface area (Å²) in [5.41, 5.74) is 0.894. The molecule has 2 aromatic rings. The molecule has 1 aromatic carbocycles. The summed E-state index contributed by atoms with van der Waals surface area (Å²) in [5.74, 6) is -0.842. The SMILES string of the molecule is CC(Nc1csc2ccccc12)C(=O)O. The van der Waals surface area contributed by atoms with Gasteiger partial charge in [-0.3, -0.25) is 4.79 Å². The normalized spacial score (nSPS) is 12.6. The van der Waals surface area contributed by atoms with Crippen molar-refractivity contribution in [3.05, 3.63) is 29.6 Å². The molecule has 0 radical (unpaired) electrons. The molecule has 1 heterocycles. The van der Waals surface area contributed by atoms with Gasteiger partial charge >= 0.3 is 5.97 Å². The predicted molar refractivity (Wildman–Crippen MR) is 62.5 cm³/mol. The van der Waals surface area contributed by atoms with E-state index in [1.165, 1.54) is 0 Å². The fourth-order valence-electron chi connectivity index (χ4n) is 1.38. The molecule has 1 atom stereocenters. The third kappa shape index (κ3) is 1.94. The van der Waals surface area contributed by atoms with Crippen molar-refractivity contribution in [3.63, 3.8) is 0 Å². The zero-order chi connectivity index (χ0) is 10.8. The third-order valence-corrected chi connectivity index (χ3v) is 3.19. The Balaban J connectivity index is 2.32. The fourth-order valence-corrected chi connectivity index (χ4v) is 2.29. The molecular weight excluding hydrogens is 210 g/mol. The van der Waals surface area contributed by atoms with Crippen LogP contribution in [0.4, 0.5) is 5.69 Å². The maximum absolute atomic E-state index is 10.7. The Morgan fingerprint density at radius 3 is 2.93 bits per heavy atom. The molecule has 4 heteroatoms. The first-order valence-corrected chi connectivity index (χ1v) is 5.52. The van der Waals surface area contributed by atoms with Gasteiger partial charge < -0.3 is 10.4 Å². The van der Waals surface area contributed by atoms with E-state index in [2.05, 4.69) is 5.32 Å². The van der Waals surface area contributed by atoms with Crippen LogP contribution in [-0.2, 0) is 4.79 Å². The third-order valence-electron chi connectivity index (χ3n) is 2.22. The van der Waals surface area contributed by atoms with Crippen molar-refractivity contribution in [3.8, 4) is 0 Å². The van der Waals surface area contributed by atoms with Crippen molar-refractivity contribution in [1.82, 2.24) is 0 Å². The molecule has 78 valence electrons. The minimum Gasteiger partial charge on any atom is -0.480 e. The van der Waals surface area contributed by atoms with Crippen molar-refractivity contribution in [2.75, 3.05) is 5.32 Å². The Morgan fingerprint density at radius 1 is 1.47 bits per heavy atom. The number of benzene rings is 1. The van der Waals surface area contributed by atoms with Crippen molar-refractivity contribution < 1.29 is 9.90 Å². The standard InChI is InChI=1S/C11H11NO2S/c1-7(11(13)14)12-9-6-15-10-5-3-2-4-8(9)10/h2-7,12H,1H3,(H,13,14). The van der Waals surface area contributed by atoms with Gasteiger partial charge in [0.25, 0.3) is 0 Å². The quantitative estimate of drug-likeness (QED) is 0.837. The second-order valence-corrected chi connectivity index (χ2v) is 4.26. The van der Waals surface area contributed by atoms with Gasteiger partial charge in [0, 0.05) is 15.5 Å². The highest BCUT2D eigenvalue weighted by molar-refractivity contribution is 7.17. The average molecular weight is 221 g/mol. The van der Waals surface area contributed by atoms with Crippen LogP contribution >= 0.6 is 11.3 Å². The molecule has 0 aliphatic heterocycles. The molecule has 15 heavy (non-hydrogen) atoms. The molecule has 0 fully saturated rings. The summed E-state index contributed by atoms with van der Waals surface area (Å²) in [7, 11) is 0. The summed E-state index contributed by atoms with van der Waals surface area (Å²) < 4.78 is 1.16. The Kier molecular flexibility index (Phi) is 2.60. The van der Waals surface area contributed by atoms with Crippen LogP contribution in [0.2, 0.25) is 0 Å². The van der Waals surface area contributed by atoms with Crippen molar-refractivity contribution in [1.29, 1.82) is 0 Å². The number of hydrogen-bond donors (Lipinski definition) is 2. The minimum atomic E-state index is -0.842.